The number of rotatable bonds is 21. The number of halogens is 1. The molecule has 0 spiro atoms. The zero-order valence-corrected chi connectivity index (χ0v) is 77.5. The van der Waals surface area contributed by atoms with Gasteiger partial charge in [0.15, 0.2) is 34.1 Å². The molecule has 0 saturated carbocycles. The molecule has 3 radical (unpaired) electrons. The van der Waals surface area contributed by atoms with E-state index in [1.165, 1.54) is 72.0 Å². The fourth-order valence-electron chi connectivity index (χ4n) is 13.9. The van der Waals surface area contributed by atoms with Crippen LogP contribution in [0.25, 0.3) is 123 Å². The molecule has 3 N–H and O–H groups in total. The van der Waals surface area contributed by atoms with E-state index in [0.717, 1.165) is 163 Å². The summed E-state index contributed by atoms with van der Waals surface area (Å²) in [5.74, 6) is 3.18. The van der Waals surface area contributed by atoms with Crippen LogP contribution in [-0.4, -0.2) is 52.6 Å². The maximum absolute atomic E-state index is 13.2. The molecule has 0 aliphatic rings. The molecule has 0 bridgehead atoms. The molecule has 0 fully saturated rings. The summed E-state index contributed by atoms with van der Waals surface area (Å²) >= 11 is 0. The van der Waals surface area contributed by atoms with Gasteiger partial charge in [-0.05, 0) is 169 Å². The Bertz CT molecular complexity index is 5650. The van der Waals surface area contributed by atoms with Gasteiger partial charge in [0.25, 0.3) is 0 Å². The smallest absolute Gasteiger partial charge is 0.216 e. The Morgan fingerprint density at radius 3 is 1.30 bits per heavy atom. The zero-order valence-electron chi connectivity index (χ0n) is 70.3. The number of pyridine rings is 4. The number of furan rings is 4. The average Bonchev–Trinajstić information content (AvgIpc) is 1.61. The van der Waals surface area contributed by atoms with Crippen molar-refractivity contribution in [2.45, 2.75) is 169 Å². The summed E-state index contributed by atoms with van der Waals surface area (Å²) in [5.41, 5.74) is 20.0. The zero-order chi connectivity index (χ0) is 83.2. The van der Waals surface area contributed by atoms with E-state index < -0.39 is 0 Å². The Labute approximate surface area is 734 Å². The fraction of sp³-hybridized carbons (Fsp3) is 0.290. The Morgan fingerprint density at radius 2 is 0.873 bits per heavy atom. The minimum Gasteiger partial charge on any atom is -0.512 e. The monoisotopic (exact) mass is 2120 g/mol. The molecule has 8 aromatic heterocycles. The van der Waals surface area contributed by atoms with E-state index >= 15 is 0 Å². The van der Waals surface area contributed by atoms with Crippen LogP contribution in [0.4, 0.5) is 4.39 Å². The Morgan fingerprint density at radius 1 is 0.449 bits per heavy atom. The molecule has 8 heterocycles. The van der Waals surface area contributed by atoms with Gasteiger partial charge in [-0.3, -0.25) is 14.4 Å². The molecule has 0 aliphatic carbocycles. The van der Waals surface area contributed by atoms with Crippen molar-refractivity contribution in [1.82, 2.24) is 19.9 Å². The number of hydrogen-bond acceptors (Lipinski definition) is 14. The van der Waals surface area contributed by atoms with Crippen LogP contribution < -0.4 is 0 Å². The molecular formula is C100H106FIr3N4O10-3. The van der Waals surface area contributed by atoms with E-state index in [-0.39, 0.29) is 124 Å². The quantitative estimate of drug-likeness (QED) is 0.0347. The van der Waals surface area contributed by atoms with Gasteiger partial charge in [0.1, 0.15) is 23.1 Å². The largest absolute Gasteiger partial charge is 0.512 e. The summed E-state index contributed by atoms with van der Waals surface area (Å²) in [6.07, 6.45) is 16.3. The van der Waals surface area contributed by atoms with E-state index in [0.29, 0.717) is 22.6 Å². The molecule has 623 valence electrons. The average molecular weight is 2120 g/mol. The maximum Gasteiger partial charge on any atom is 0.216 e. The second-order valence-electron chi connectivity index (χ2n) is 29.2. The second-order valence-corrected chi connectivity index (χ2v) is 29.2. The number of fused-ring (bicyclic) bond motifs is 6. The molecule has 14 nitrogen and oxygen atoms in total. The van der Waals surface area contributed by atoms with Crippen molar-refractivity contribution >= 4 is 72.3 Å². The molecule has 0 aliphatic heterocycles. The molecule has 0 unspecified atom stereocenters. The third kappa shape index (κ3) is 25.9. The van der Waals surface area contributed by atoms with Crippen molar-refractivity contribution in [1.29, 1.82) is 0 Å². The number of allylic oxidation sites excluding steroid dienone is 6. The molecule has 18 heteroatoms. The van der Waals surface area contributed by atoms with E-state index in [2.05, 4.69) is 146 Å². The SMILES string of the molecule is CC(=O)C=C(C)O.CCC(CC)C(=O)C=C(O)C(CC)CC.CCC(CC)C(=O)C=C(O)C(CC)CC.Cc1[c-]c(-c2cc3cc(-c4c(C)cccc4C)oc3cn2)cc(C)c1.Cc1[c-]c(-c2cc3cc(-c4ccccc4)oc3cn2)cc(C)c1.Cc1ccc2c(n1)oc1c(-c3cc4cc(-c5ccc(F)cc5)oc4cn3)[c-]ccc12.[Ir].[Ir].[Ir]. The van der Waals surface area contributed by atoms with Crippen molar-refractivity contribution in [2.24, 2.45) is 23.7 Å². The fourth-order valence-corrected chi connectivity index (χ4v) is 13.9. The number of aliphatic hydroxyl groups excluding tert-OH is 3. The molecule has 118 heavy (non-hydrogen) atoms. The van der Waals surface area contributed by atoms with Gasteiger partial charge in [0.2, 0.25) is 5.71 Å². The Kier molecular flexibility index (Phi) is 37.9. The van der Waals surface area contributed by atoms with Crippen molar-refractivity contribution < 1.29 is 112 Å². The second kappa shape index (κ2) is 46.3. The Hall–Kier alpha value is -10.2. The minimum absolute atomic E-state index is 0. The van der Waals surface area contributed by atoms with E-state index in [1.54, 1.807) is 24.5 Å². The van der Waals surface area contributed by atoms with Gasteiger partial charge in [-0.25, -0.2) is 9.37 Å². The number of aromatic nitrogens is 4. The predicted molar refractivity (Wildman–Crippen MR) is 464 cm³/mol. The number of aliphatic hydroxyl groups is 3. The number of hydrogen-bond donors (Lipinski definition) is 3. The van der Waals surface area contributed by atoms with Crippen molar-refractivity contribution in [2.75, 3.05) is 0 Å². The van der Waals surface area contributed by atoms with Crippen LogP contribution >= 0.6 is 0 Å². The standard InChI is InChI=1S/C25H14FN2O2.C23H20NO.C21H16NO.2C13H24O2.C5H8O2.3Ir/c1-14-5-10-19-18-3-2-4-20(24(18)30-25(19)28-14)21-11-16-12-22(29-23(16)13-27-21)15-6-8-17(26)9-7-15;1-14-8-15(2)10-18(9-14)20-11-19-12-21(25-22(19)13-24-20)23-16(3)6-5-7-17(23)4;1-14-8-15(2)10-17(9-14)19-11-18-12-20(23-21(18)13-22-19)16-6-4-3-5-7-16;2*1-5-10(6-2)12(14)9-13(15)11(7-3)8-4;1-4(6)3-5(2)7;;;/h2-3,5-13H,1H3;5-9,11-13H,1-4H3;3-9,11-13H,1-2H3;2*9-11,14H,5-8H2,1-4H3;3,6H,1-2H3;;;/q3*-1;;;;;;. The summed E-state index contributed by atoms with van der Waals surface area (Å²) in [7, 11) is 0. The maximum atomic E-state index is 13.2. The number of carbonyl (C=O) groups excluding carboxylic acids is 3. The van der Waals surface area contributed by atoms with Gasteiger partial charge < -0.3 is 47.9 Å². The van der Waals surface area contributed by atoms with Gasteiger partial charge in [-0.2, -0.15) is 0 Å². The van der Waals surface area contributed by atoms with Gasteiger partial charge in [0.05, 0.1) is 41.5 Å². The summed E-state index contributed by atoms with van der Waals surface area (Å²) in [6.45, 7) is 33.5. The molecule has 0 atom stereocenters. The summed E-state index contributed by atoms with van der Waals surface area (Å²) in [4.78, 5) is 51.6. The third-order valence-electron chi connectivity index (χ3n) is 20.2. The molecule has 0 amide bonds. The van der Waals surface area contributed by atoms with Crippen LogP contribution in [0.2, 0.25) is 0 Å². The van der Waals surface area contributed by atoms with E-state index in [1.807, 2.05) is 135 Å². The normalized spacial score (nSPS) is 11.4. The van der Waals surface area contributed by atoms with Gasteiger partial charge in [0, 0.05) is 146 Å². The van der Waals surface area contributed by atoms with Gasteiger partial charge in [-0.15, -0.1) is 88.0 Å². The molecule has 0 saturated heterocycles. The first-order chi connectivity index (χ1) is 55.2. The van der Waals surface area contributed by atoms with Crippen molar-refractivity contribution in [3.8, 4) is 67.7 Å². The predicted octanol–water partition coefficient (Wildman–Crippen LogP) is 27.2. The van der Waals surface area contributed by atoms with Crippen LogP contribution in [0.5, 0.6) is 0 Å². The van der Waals surface area contributed by atoms with Crippen LogP contribution in [0.3, 0.4) is 0 Å². The van der Waals surface area contributed by atoms with E-state index in [9.17, 15) is 29.0 Å². The summed E-state index contributed by atoms with van der Waals surface area (Å²) in [5, 5.41) is 32.8. The molecule has 14 rings (SSSR count). The summed E-state index contributed by atoms with van der Waals surface area (Å²) in [6, 6.07) is 61.2. The summed E-state index contributed by atoms with van der Waals surface area (Å²) < 4.78 is 37.2. The van der Waals surface area contributed by atoms with Crippen molar-refractivity contribution in [3.05, 3.63) is 275 Å². The van der Waals surface area contributed by atoms with Crippen molar-refractivity contribution in [3.63, 3.8) is 0 Å². The number of ketones is 3. The van der Waals surface area contributed by atoms with Gasteiger partial charge >= 0.3 is 0 Å². The molecule has 6 aromatic carbocycles. The minimum atomic E-state index is -0.280. The Balaban J connectivity index is 0.000000228. The number of aryl methyl sites for hydroxylation is 7. The number of nitrogens with zero attached hydrogens (tertiary/aromatic N) is 4. The topological polar surface area (TPSA) is 216 Å². The van der Waals surface area contributed by atoms with E-state index in [4.69, 9.17) is 22.8 Å². The molecular weight excluding hydrogens is 2010 g/mol. The number of carbonyl (C=O) groups is 3. The van der Waals surface area contributed by atoms with Crippen LogP contribution in [0, 0.1) is 96.2 Å². The molecule has 14 aromatic rings. The number of benzene rings is 6. The first-order valence-corrected chi connectivity index (χ1v) is 39.7. The van der Waals surface area contributed by atoms with Gasteiger partial charge in [-0.1, -0.05) is 161 Å². The first kappa shape index (κ1) is 96.7. The van der Waals surface area contributed by atoms with Crippen LogP contribution in [0.15, 0.2) is 229 Å². The first-order valence-electron chi connectivity index (χ1n) is 39.7. The third-order valence-corrected chi connectivity index (χ3v) is 20.2. The van der Waals surface area contributed by atoms with Crippen LogP contribution in [-0.2, 0) is 74.7 Å². The van der Waals surface area contributed by atoms with Crippen LogP contribution in [0.1, 0.15) is 160 Å².